The first-order chi connectivity index (χ1) is 12.6. The zero-order valence-corrected chi connectivity index (χ0v) is 16.6. The number of thiazole rings is 1. The number of ether oxygens (including phenoxy) is 2. The topological polar surface area (TPSA) is 52.8 Å². The molecule has 5 nitrogen and oxygen atoms in total. The molecule has 0 fully saturated rings. The quantitative estimate of drug-likeness (QED) is 0.495. The molecule has 4 rings (SSSR count). The lowest BCUT2D eigenvalue weighted by atomic mass is 10.2. The number of para-hydroxylation sites is 2. The van der Waals surface area contributed by atoms with Crippen LogP contribution in [0.4, 0.5) is 0 Å². The van der Waals surface area contributed by atoms with Gasteiger partial charge in [0.05, 0.1) is 33.8 Å². The van der Waals surface area contributed by atoms with E-state index in [-0.39, 0.29) is 5.56 Å². The Kier molecular flexibility index (Phi) is 4.42. The molecule has 4 aromatic rings. The number of fused-ring (bicyclic) bond motifs is 3. The summed E-state index contributed by atoms with van der Waals surface area (Å²) in [4.78, 5) is 18.1. The highest BCUT2D eigenvalue weighted by molar-refractivity contribution is 9.10. The number of hydrogen-bond donors (Lipinski definition) is 0. The highest BCUT2D eigenvalue weighted by Gasteiger charge is 2.13. The first-order valence-corrected chi connectivity index (χ1v) is 9.65. The molecule has 0 atom stereocenters. The van der Waals surface area contributed by atoms with Crippen molar-refractivity contribution in [2.75, 3.05) is 13.7 Å². The van der Waals surface area contributed by atoms with Crippen LogP contribution in [0.3, 0.4) is 0 Å². The van der Waals surface area contributed by atoms with E-state index in [1.165, 1.54) is 11.3 Å². The van der Waals surface area contributed by atoms with Gasteiger partial charge in [0.15, 0.2) is 16.5 Å². The number of methoxy groups -OCH3 is 1. The van der Waals surface area contributed by atoms with Crippen LogP contribution >= 0.6 is 27.3 Å². The van der Waals surface area contributed by atoms with E-state index in [0.717, 1.165) is 21.1 Å². The van der Waals surface area contributed by atoms with Crippen molar-refractivity contribution in [1.82, 2.24) is 9.38 Å². The minimum absolute atomic E-state index is 0.0670. The van der Waals surface area contributed by atoms with E-state index in [1.807, 2.05) is 49.4 Å². The fourth-order valence-corrected chi connectivity index (χ4v) is 4.43. The van der Waals surface area contributed by atoms with Gasteiger partial charge in [0.1, 0.15) is 0 Å². The van der Waals surface area contributed by atoms with Crippen molar-refractivity contribution >= 4 is 49.3 Å². The van der Waals surface area contributed by atoms with Gasteiger partial charge in [-0.2, -0.15) is 0 Å². The van der Waals surface area contributed by atoms with E-state index in [1.54, 1.807) is 11.5 Å². The van der Waals surface area contributed by atoms with E-state index in [0.29, 0.717) is 27.6 Å². The third kappa shape index (κ3) is 2.77. The molecule has 0 N–H and O–H groups in total. The number of rotatable bonds is 4. The molecule has 26 heavy (non-hydrogen) atoms. The third-order valence-electron chi connectivity index (χ3n) is 3.98. The Morgan fingerprint density at radius 3 is 2.88 bits per heavy atom. The Labute approximate surface area is 161 Å². The molecule has 0 saturated heterocycles. The summed E-state index contributed by atoms with van der Waals surface area (Å²) < 4.78 is 14.1. The van der Waals surface area contributed by atoms with Gasteiger partial charge in [-0.1, -0.05) is 23.5 Å². The van der Waals surface area contributed by atoms with Crippen molar-refractivity contribution in [2.24, 2.45) is 0 Å². The van der Waals surface area contributed by atoms with E-state index < -0.39 is 0 Å². The van der Waals surface area contributed by atoms with Crippen LogP contribution in [0.25, 0.3) is 22.1 Å². The monoisotopic (exact) mass is 430 g/mol. The van der Waals surface area contributed by atoms with Crippen LogP contribution in [0.5, 0.6) is 11.5 Å². The van der Waals surface area contributed by atoms with Crippen LogP contribution in [-0.2, 0) is 0 Å². The predicted octanol–water partition coefficient (Wildman–Crippen LogP) is 3.63. The second-order valence-corrected chi connectivity index (χ2v) is 7.46. The third-order valence-corrected chi connectivity index (χ3v) is 5.54. The van der Waals surface area contributed by atoms with Gasteiger partial charge in [-0.15, -0.1) is 0 Å². The fourth-order valence-electron chi connectivity index (χ4n) is 2.87. The number of nitrogens with zero attached hydrogens (tertiary/aromatic N) is 2. The fraction of sp³-hybridized carbons (Fsp3) is 0.158. The molecule has 2 heterocycles. The highest BCUT2D eigenvalue weighted by Crippen LogP contribution is 2.36. The second-order valence-electron chi connectivity index (χ2n) is 5.60. The summed E-state index contributed by atoms with van der Waals surface area (Å²) in [6.07, 6.45) is 1.85. The first kappa shape index (κ1) is 17.1. The largest absolute Gasteiger partial charge is 0.493 e. The van der Waals surface area contributed by atoms with E-state index in [2.05, 4.69) is 20.9 Å². The maximum Gasteiger partial charge on any atom is 0.274 e. The Morgan fingerprint density at radius 1 is 1.31 bits per heavy atom. The second kappa shape index (κ2) is 6.74. The van der Waals surface area contributed by atoms with Crippen molar-refractivity contribution in [3.05, 3.63) is 61.3 Å². The molecule has 2 aromatic heterocycles. The summed E-state index contributed by atoms with van der Waals surface area (Å²) in [6.45, 7) is 2.46. The van der Waals surface area contributed by atoms with E-state index >= 15 is 0 Å². The highest BCUT2D eigenvalue weighted by atomic mass is 79.9. The van der Waals surface area contributed by atoms with Crippen molar-refractivity contribution in [2.45, 2.75) is 6.92 Å². The number of halogens is 1. The Bertz CT molecular complexity index is 1230. The van der Waals surface area contributed by atoms with Gasteiger partial charge in [-0.05, 0) is 58.8 Å². The van der Waals surface area contributed by atoms with Gasteiger partial charge in [0.25, 0.3) is 5.56 Å². The standard InChI is InChI=1S/C19H15BrN2O3S/c1-3-25-17-12(20)8-11(9-15(17)24-2)10-16-18(23)22-14-7-5-4-6-13(14)21-19(22)26-16/h4-10H,3H2,1-2H3/b16-10+. The van der Waals surface area contributed by atoms with E-state index in [4.69, 9.17) is 9.47 Å². The average Bonchev–Trinajstić information content (AvgIpc) is 3.14. The Morgan fingerprint density at radius 2 is 2.12 bits per heavy atom. The molecule has 0 spiro atoms. The van der Waals surface area contributed by atoms with Crippen LogP contribution in [-0.4, -0.2) is 23.1 Å². The van der Waals surface area contributed by atoms with Gasteiger partial charge >= 0.3 is 0 Å². The minimum atomic E-state index is -0.0670. The van der Waals surface area contributed by atoms with Gasteiger partial charge in [0.2, 0.25) is 0 Å². The summed E-state index contributed by atoms with van der Waals surface area (Å²) in [5.41, 5.74) is 2.44. The molecular weight excluding hydrogens is 416 g/mol. The normalized spacial score (nSPS) is 12.2. The molecule has 0 aliphatic heterocycles. The zero-order chi connectivity index (χ0) is 18.3. The Hall–Kier alpha value is -2.38. The summed E-state index contributed by atoms with van der Waals surface area (Å²) >= 11 is 4.89. The molecule has 0 aliphatic carbocycles. The van der Waals surface area contributed by atoms with Crippen molar-refractivity contribution < 1.29 is 9.47 Å². The zero-order valence-electron chi connectivity index (χ0n) is 14.2. The summed E-state index contributed by atoms with van der Waals surface area (Å²) in [5, 5.41) is 0. The molecule has 2 aromatic carbocycles. The number of benzene rings is 2. The first-order valence-electron chi connectivity index (χ1n) is 8.04. The molecule has 0 saturated carbocycles. The SMILES string of the molecule is CCOc1c(Br)cc(/C=c2/sc3nc4ccccc4n3c2=O)cc1OC. The van der Waals surface area contributed by atoms with Crippen LogP contribution < -0.4 is 19.6 Å². The Balaban J connectivity index is 1.90. The summed E-state index contributed by atoms with van der Waals surface area (Å²) in [7, 11) is 1.60. The molecule has 0 radical (unpaired) electrons. The molecule has 0 bridgehead atoms. The number of hydrogen-bond acceptors (Lipinski definition) is 5. The smallest absolute Gasteiger partial charge is 0.274 e. The maximum atomic E-state index is 12.9. The van der Waals surface area contributed by atoms with Crippen LogP contribution in [0.15, 0.2) is 45.7 Å². The average molecular weight is 431 g/mol. The van der Waals surface area contributed by atoms with Crippen molar-refractivity contribution in [1.29, 1.82) is 0 Å². The lowest BCUT2D eigenvalue weighted by Gasteiger charge is -2.12. The molecule has 0 aliphatic rings. The van der Waals surface area contributed by atoms with Crippen LogP contribution in [0.2, 0.25) is 0 Å². The minimum Gasteiger partial charge on any atom is -0.493 e. The summed E-state index contributed by atoms with van der Waals surface area (Å²) in [6, 6.07) is 11.4. The molecular formula is C19H15BrN2O3S. The predicted molar refractivity (Wildman–Crippen MR) is 107 cm³/mol. The van der Waals surface area contributed by atoms with Gasteiger partial charge < -0.3 is 9.47 Å². The maximum absolute atomic E-state index is 12.9. The lowest BCUT2D eigenvalue weighted by molar-refractivity contribution is 0.309. The van der Waals surface area contributed by atoms with Gasteiger partial charge in [-0.3, -0.25) is 4.79 Å². The van der Waals surface area contributed by atoms with Crippen molar-refractivity contribution in [3.63, 3.8) is 0 Å². The van der Waals surface area contributed by atoms with Gasteiger partial charge in [-0.25, -0.2) is 9.38 Å². The number of aromatic nitrogens is 2. The number of imidazole rings is 1. The molecule has 0 amide bonds. The lowest BCUT2D eigenvalue weighted by Crippen LogP contribution is -2.22. The molecule has 7 heteroatoms. The summed E-state index contributed by atoms with van der Waals surface area (Å²) in [5.74, 6) is 1.27. The molecule has 132 valence electrons. The van der Waals surface area contributed by atoms with Crippen LogP contribution in [0.1, 0.15) is 12.5 Å². The molecule has 0 unspecified atom stereocenters. The van der Waals surface area contributed by atoms with Gasteiger partial charge in [0, 0.05) is 0 Å². The van der Waals surface area contributed by atoms with Crippen LogP contribution in [0, 0.1) is 0 Å². The van der Waals surface area contributed by atoms with E-state index in [9.17, 15) is 4.79 Å². The van der Waals surface area contributed by atoms with Crippen molar-refractivity contribution in [3.8, 4) is 11.5 Å².